The standard InChI is InChI=1S/C12H14N2O2S/c1-3-16-10-4-9(5-13-6-10)12(15)11-7-14-8(2)17-11/h4-7,12,15H,3H2,1-2H3. The van der Waals surface area contributed by atoms with Crippen molar-refractivity contribution in [3.8, 4) is 5.75 Å². The van der Waals surface area contributed by atoms with Crippen LogP contribution in [0.5, 0.6) is 5.75 Å². The number of hydrogen-bond donors (Lipinski definition) is 1. The molecule has 1 unspecified atom stereocenters. The van der Waals surface area contributed by atoms with Crippen molar-refractivity contribution < 1.29 is 9.84 Å². The van der Waals surface area contributed by atoms with Crippen LogP contribution in [0.4, 0.5) is 0 Å². The van der Waals surface area contributed by atoms with Gasteiger partial charge in [0.1, 0.15) is 11.9 Å². The molecule has 0 saturated carbocycles. The maximum atomic E-state index is 10.2. The Morgan fingerprint density at radius 3 is 2.88 bits per heavy atom. The summed E-state index contributed by atoms with van der Waals surface area (Å²) in [6, 6.07) is 1.80. The molecule has 0 aromatic carbocycles. The smallest absolute Gasteiger partial charge is 0.137 e. The van der Waals surface area contributed by atoms with Gasteiger partial charge in [0.05, 0.1) is 22.7 Å². The molecule has 1 N–H and O–H groups in total. The van der Waals surface area contributed by atoms with Gasteiger partial charge in [-0.1, -0.05) is 0 Å². The van der Waals surface area contributed by atoms with Crippen molar-refractivity contribution in [1.29, 1.82) is 0 Å². The fraction of sp³-hybridized carbons (Fsp3) is 0.333. The summed E-state index contributed by atoms with van der Waals surface area (Å²) in [5, 5.41) is 11.1. The van der Waals surface area contributed by atoms with E-state index in [1.54, 1.807) is 24.7 Å². The van der Waals surface area contributed by atoms with Crippen molar-refractivity contribution in [3.05, 3.63) is 40.1 Å². The molecule has 0 aliphatic rings. The van der Waals surface area contributed by atoms with Crippen molar-refractivity contribution >= 4 is 11.3 Å². The molecule has 2 heterocycles. The Bertz CT molecular complexity index is 499. The molecule has 0 radical (unpaired) electrons. The van der Waals surface area contributed by atoms with Gasteiger partial charge in [-0.25, -0.2) is 4.98 Å². The molecular formula is C12H14N2O2S. The molecular weight excluding hydrogens is 236 g/mol. The predicted octanol–water partition coefficient (Wildman–Crippen LogP) is 2.33. The Morgan fingerprint density at radius 2 is 2.24 bits per heavy atom. The van der Waals surface area contributed by atoms with Crippen molar-refractivity contribution in [2.75, 3.05) is 6.61 Å². The van der Waals surface area contributed by atoms with Gasteiger partial charge in [-0.05, 0) is 19.9 Å². The molecule has 2 rings (SSSR count). The SMILES string of the molecule is CCOc1cncc(C(O)c2cnc(C)s2)c1. The van der Waals surface area contributed by atoms with Crippen LogP contribution in [0.3, 0.4) is 0 Å². The molecule has 1 atom stereocenters. The zero-order chi connectivity index (χ0) is 12.3. The normalized spacial score (nSPS) is 12.4. The average molecular weight is 250 g/mol. The lowest BCUT2D eigenvalue weighted by Crippen LogP contribution is -2.00. The second-order valence-corrected chi connectivity index (χ2v) is 4.84. The molecule has 2 aromatic heterocycles. The van der Waals surface area contributed by atoms with Gasteiger partial charge in [-0.2, -0.15) is 0 Å². The van der Waals surface area contributed by atoms with Crippen molar-refractivity contribution in [1.82, 2.24) is 9.97 Å². The summed E-state index contributed by atoms with van der Waals surface area (Å²) in [6.07, 6.45) is 4.28. The lowest BCUT2D eigenvalue weighted by Gasteiger charge is -2.09. The van der Waals surface area contributed by atoms with Gasteiger partial charge in [0.15, 0.2) is 0 Å². The summed E-state index contributed by atoms with van der Waals surface area (Å²) >= 11 is 1.48. The first kappa shape index (κ1) is 12.0. The molecule has 0 bridgehead atoms. The second-order valence-electron chi connectivity index (χ2n) is 3.57. The summed E-state index contributed by atoms with van der Waals surface area (Å²) in [6.45, 7) is 4.41. The number of aryl methyl sites for hydroxylation is 1. The molecule has 0 fully saturated rings. The minimum Gasteiger partial charge on any atom is -0.492 e. The van der Waals surface area contributed by atoms with E-state index in [9.17, 15) is 5.11 Å². The highest BCUT2D eigenvalue weighted by molar-refractivity contribution is 7.11. The Morgan fingerprint density at radius 1 is 1.41 bits per heavy atom. The summed E-state index contributed by atoms with van der Waals surface area (Å²) in [7, 11) is 0. The van der Waals surface area contributed by atoms with E-state index >= 15 is 0 Å². The first-order valence-electron chi connectivity index (χ1n) is 5.39. The zero-order valence-corrected chi connectivity index (χ0v) is 10.6. The van der Waals surface area contributed by atoms with E-state index < -0.39 is 6.10 Å². The topological polar surface area (TPSA) is 55.2 Å². The van der Waals surface area contributed by atoms with Crippen LogP contribution in [0.1, 0.15) is 28.5 Å². The average Bonchev–Trinajstić information content (AvgIpc) is 2.76. The minimum atomic E-state index is -0.686. The fourth-order valence-electron chi connectivity index (χ4n) is 1.50. The van der Waals surface area contributed by atoms with E-state index in [4.69, 9.17) is 4.74 Å². The van der Waals surface area contributed by atoms with Crippen LogP contribution in [0.25, 0.3) is 0 Å². The number of aliphatic hydroxyl groups excluding tert-OH is 1. The first-order valence-corrected chi connectivity index (χ1v) is 6.20. The number of hydrogen-bond acceptors (Lipinski definition) is 5. The van der Waals surface area contributed by atoms with E-state index in [0.717, 1.165) is 15.4 Å². The van der Waals surface area contributed by atoms with Crippen LogP contribution in [-0.4, -0.2) is 21.7 Å². The second kappa shape index (κ2) is 5.25. The number of ether oxygens (including phenoxy) is 1. The Labute approximate surface area is 104 Å². The number of pyridine rings is 1. The lowest BCUT2D eigenvalue weighted by atomic mass is 10.1. The molecule has 90 valence electrons. The molecule has 17 heavy (non-hydrogen) atoms. The first-order chi connectivity index (χ1) is 8.20. The Balaban J connectivity index is 2.24. The zero-order valence-electron chi connectivity index (χ0n) is 9.75. The predicted molar refractivity (Wildman–Crippen MR) is 66.3 cm³/mol. The summed E-state index contributed by atoms with van der Waals surface area (Å²) in [4.78, 5) is 9.00. The van der Waals surface area contributed by atoms with Crippen LogP contribution in [-0.2, 0) is 0 Å². The van der Waals surface area contributed by atoms with E-state index in [-0.39, 0.29) is 0 Å². The highest BCUT2D eigenvalue weighted by atomic mass is 32.1. The van der Waals surface area contributed by atoms with Gasteiger partial charge >= 0.3 is 0 Å². The van der Waals surface area contributed by atoms with Gasteiger partial charge < -0.3 is 9.84 Å². The third kappa shape index (κ3) is 2.81. The maximum absolute atomic E-state index is 10.2. The van der Waals surface area contributed by atoms with E-state index in [2.05, 4.69) is 9.97 Å². The van der Waals surface area contributed by atoms with Crippen LogP contribution in [0.2, 0.25) is 0 Å². The highest BCUT2D eigenvalue weighted by Gasteiger charge is 2.14. The van der Waals surface area contributed by atoms with Crippen molar-refractivity contribution in [2.45, 2.75) is 20.0 Å². The third-order valence-corrected chi connectivity index (χ3v) is 3.23. The van der Waals surface area contributed by atoms with Gasteiger partial charge in [-0.15, -0.1) is 11.3 Å². The minimum absolute atomic E-state index is 0.584. The number of nitrogens with zero attached hydrogens (tertiary/aromatic N) is 2. The highest BCUT2D eigenvalue weighted by Crippen LogP contribution is 2.27. The number of aromatic nitrogens is 2. The quantitative estimate of drug-likeness (QED) is 0.904. The Hall–Kier alpha value is -1.46. The summed E-state index contributed by atoms with van der Waals surface area (Å²) in [5.74, 6) is 0.672. The fourth-order valence-corrected chi connectivity index (χ4v) is 2.30. The van der Waals surface area contributed by atoms with Crippen LogP contribution in [0.15, 0.2) is 24.7 Å². The number of aliphatic hydroxyl groups is 1. The molecule has 0 aliphatic carbocycles. The maximum Gasteiger partial charge on any atom is 0.137 e. The van der Waals surface area contributed by atoms with Gasteiger partial charge in [-0.3, -0.25) is 4.98 Å². The van der Waals surface area contributed by atoms with Gasteiger partial charge in [0.25, 0.3) is 0 Å². The van der Waals surface area contributed by atoms with Crippen LogP contribution >= 0.6 is 11.3 Å². The number of rotatable bonds is 4. The largest absolute Gasteiger partial charge is 0.492 e. The molecule has 0 saturated heterocycles. The van der Waals surface area contributed by atoms with Crippen LogP contribution in [0, 0.1) is 6.92 Å². The lowest BCUT2D eigenvalue weighted by molar-refractivity contribution is 0.222. The monoisotopic (exact) mass is 250 g/mol. The van der Waals surface area contributed by atoms with Gasteiger partial charge in [0.2, 0.25) is 0 Å². The van der Waals surface area contributed by atoms with Crippen LogP contribution < -0.4 is 4.74 Å². The molecule has 2 aromatic rings. The Kier molecular flexibility index (Phi) is 3.71. The molecule has 4 nitrogen and oxygen atoms in total. The van der Waals surface area contributed by atoms with Crippen molar-refractivity contribution in [2.24, 2.45) is 0 Å². The summed E-state index contributed by atoms with van der Waals surface area (Å²) in [5.41, 5.74) is 0.722. The third-order valence-electron chi connectivity index (χ3n) is 2.27. The van der Waals surface area contributed by atoms with Crippen molar-refractivity contribution in [3.63, 3.8) is 0 Å². The molecule has 5 heteroatoms. The van der Waals surface area contributed by atoms with Gasteiger partial charge in [0, 0.05) is 18.0 Å². The van der Waals surface area contributed by atoms with E-state index in [0.29, 0.717) is 12.4 Å². The molecule has 0 amide bonds. The molecule has 0 aliphatic heterocycles. The van der Waals surface area contributed by atoms with E-state index in [1.807, 2.05) is 13.8 Å². The van der Waals surface area contributed by atoms with E-state index in [1.165, 1.54) is 11.3 Å². The summed E-state index contributed by atoms with van der Waals surface area (Å²) < 4.78 is 5.35. The molecule has 0 spiro atoms. The number of thiazole rings is 1.